The lowest BCUT2D eigenvalue weighted by molar-refractivity contribution is -0.127. The number of amides is 1. The van der Waals surface area contributed by atoms with Gasteiger partial charge in [-0.3, -0.25) is 4.79 Å². The summed E-state index contributed by atoms with van der Waals surface area (Å²) >= 11 is 5.53. The van der Waals surface area contributed by atoms with Gasteiger partial charge in [-0.1, -0.05) is 18.2 Å². The van der Waals surface area contributed by atoms with E-state index in [1.54, 1.807) is 11.9 Å². The number of furan rings is 1. The van der Waals surface area contributed by atoms with E-state index in [1.165, 1.54) is 0 Å². The van der Waals surface area contributed by atoms with Gasteiger partial charge >= 0.3 is 0 Å². The molecule has 0 unspecified atom stereocenters. The molecule has 2 rings (SSSR count). The Balaban J connectivity index is 2.38. The molecular weight excluding hydrogens is 250 g/mol. The number of benzene rings is 1. The molecule has 3 nitrogen and oxygen atoms in total. The van der Waals surface area contributed by atoms with Gasteiger partial charge in [0, 0.05) is 18.0 Å². The fourth-order valence-electron chi connectivity index (χ4n) is 1.99. The lowest BCUT2D eigenvalue weighted by atomic mass is 10.1. The summed E-state index contributed by atoms with van der Waals surface area (Å²) in [4.78, 5) is 13.0. The van der Waals surface area contributed by atoms with Crippen molar-refractivity contribution in [2.75, 3.05) is 12.9 Å². The first-order valence-electron chi connectivity index (χ1n) is 5.82. The van der Waals surface area contributed by atoms with E-state index >= 15 is 0 Å². The number of carbonyl (C=O) groups excluding carboxylic acids is 1. The van der Waals surface area contributed by atoms with Crippen LogP contribution < -0.4 is 0 Å². The average molecular weight is 266 g/mol. The molecule has 0 spiro atoms. The van der Waals surface area contributed by atoms with E-state index in [4.69, 9.17) is 16.0 Å². The molecule has 18 heavy (non-hydrogen) atoms. The Kier molecular flexibility index (Phi) is 3.62. The van der Waals surface area contributed by atoms with Crippen molar-refractivity contribution in [2.24, 2.45) is 0 Å². The number of rotatable bonds is 3. The molecule has 0 N–H and O–H groups in total. The van der Waals surface area contributed by atoms with E-state index in [-0.39, 0.29) is 11.8 Å². The van der Waals surface area contributed by atoms with E-state index in [0.717, 1.165) is 27.9 Å². The summed E-state index contributed by atoms with van der Waals surface area (Å²) in [5, 5.41) is 1.11. The molecule has 1 aromatic carbocycles. The summed E-state index contributed by atoms with van der Waals surface area (Å²) in [6.07, 6.45) is 0. The second-order valence-electron chi connectivity index (χ2n) is 4.49. The Morgan fingerprint density at radius 2 is 2.11 bits per heavy atom. The van der Waals surface area contributed by atoms with Crippen LogP contribution in [0.25, 0.3) is 11.0 Å². The lowest BCUT2D eigenvalue weighted by Gasteiger charge is -2.14. The number of halogens is 1. The first-order valence-corrected chi connectivity index (χ1v) is 6.35. The molecule has 1 amide bonds. The molecule has 2 aromatic rings. The molecule has 1 aromatic heterocycles. The largest absolute Gasteiger partial charge is 0.459 e. The molecule has 0 bridgehead atoms. The van der Waals surface area contributed by atoms with Gasteiger partial charge in [0.2, 0.25) is 5.91 Å². The number of nitrogens with zero attached hydrogens (tertiary/aromatic N) is 1. The van der Waals surface area contributed by atoms with Crippen molar-refractivity contribution in [1.82, 2.24) is 4.90 Å². The Morgan fingerprint density at radius 1 is 1.39 bits per heavy atom. The van der Waals surface area contributed by atoms with Crippen LogP contribution in [-0.4, -0.2) is 23.7 Å². The maximum Gasteiger partial charge on any atom is 0.237 e. The van der Waals surface area contributed by atoms with Crippen molar-refractivity contribution in [3.63, 3.8) is 0 Å². The molecule has 0 fully saturated rings. The summed E-state index contributed by atoms with van der Waals surface area (Å²) < 4.78 is 5.86. The zero-order valence-corrected chi connectivity index (χ0v) is 11.5. The van der Waals surface area contributed by atoms with Gasteiger partial charge in [0.05, 0.1) is 6.54 Å². The van der Waals surface area contributed by atoms with E-state index in [1.807, 2.05) is 32.0 Å². The van der Waals surface area contributed by atoms with Crippen molar-refractivity contribution >= 4 is 28.5 Å². The van der Waals surface area contributed by atoms with Gasteiger partial charge in [-0.2, -0.15) is 0 Å². The number of carbonyl (C=O) groups is 1. The highest BCUT2D eigenvalue weighted by molar-refractivity contribution is 6.27. The van der Waals surface area contributed by atoms with Crippen molar-refractivity contribution < 1.29 is 9.21 Å². The highest BCUT2D eigenvalue weighted by atomic mass is 35.5. The average Bonchev–Trinajstić information content (AvgIpc) is 2.68. The van der Waals surface area contributed by atoms with E-state index in [9.17, 15) is 4.79 Å². The number of hydrogen-bond acceptors (Lipinski definition) is 2. The molecule has 0 aliphatic heterocycles. The van der Waals surface area contributed by atoms with E-state index in [2.05, 4.69) is 0 Å². The van der Waals surface area contributed by atoms with Crippen LogP contribution in [0.15, 0.2) is 22.6 Å². The maximum absolute atomic E-state index is 11.5. The monoisotopic (exact) mass is 265 g/mol. The van der Waals surface area contributed by atoms with Gasteiger partial charge in [0.15, 0.2) is 0 Å². The molecule has 0 atom stereocenters. The van der Waals surface area contributed by atoms with E-state index < -0.39 is 0 Å². The highest BCUT2D eigenvalue weighted by Crippen LogP contribution is 2.28. The minimum absolute atomic E-state index is 0.00515. The van der Waals surface area contributed by atoms with Crippen molar-refractivity contribution in [1.29, 1.82) is 0 Å². The minimum Gasteiger partial charge on any atom is -0.459 e. The van der Waals surface area contributed by atoms with Gasteiger partial charge in [0.1, 0.15) is 17.2 Å². The van der Waals surface area contributed by atoms with E-state index in [0.29, 0.717) is 6.54 Å². The molecule has 0 saturated heterocycles. The third-order valence-electron chi connectivity index (χ3n) is 3.18. The van der Waals surface area contributed by atoms with Crippen molar-refractivity contribution in [3.8, 4) is 0 Å². The molecule has 0 aliphatic rings. The number of alkyl halides is 1. The van der Waals surface area contributed by atoms with Gasteiger partial charge < -0.3 is 9.32 Å². The second-order valence-corrected chi connectivity index (χ2v) is 4.75. The third kappa shape index (κ3) is 2.23. The van der Waals surface area contributed by atoms with Crippen LogP contribution in [0.3, 0.4) is 0 Å². The smallest absolute Gasteiger partial charge is 0.237 e. The number of hydrogen-bond donors (Lipinski definition) is 0. The fourth-order valence-corrected chi connectivity index (χ4v) is 2.19. The van der Waals surface area contributed by atoms with Crippen LogP contribution in [0, 0.1) is 13.8 Å². The summed E-state index contributed by atoms with van der Waals surface area (Å²) in [7, 11) is 1.73. The summed E-state index contributed by atoms with van der Waals surface area (Å²) in [6, 6.07) is 6.06. The van der Waals surface area contributed by atoms with Crippen LogP contribution in [0.5, 0.6) is 0 Å². The Hall–Kier alpha value is -1.48. The van der Waals surface area contributed by atoms with Crippen molar-refractivity contribution in [3.05, 3.63) is 35.1 Å². The topological polar surface area (TPSA) is 33.5 Å². The lowest BCUT2D eigenvalue weighted by Crippen LogP contribution is -2.27. The van der Waals surface area contributed by atoms with Crippen LogP contribution in [0.4, 0.5) is 0 Å². The van der Waals surface area contributed by atoms with Crippen LogP contribution >= 0.6 is 11.6 Å². The Labute approximate surface area is 111 Å². The first-order chi connectivity index (χ1) is 8.54. The van der Waals surface area contributed by atoms with Crippen LogP contribution in [-0.2, 0) is 11.3 Å². The van der Waals surface area contributed by atoms with Gasteiger partial charge in [0.25, 0.3) is 0 Å². The number of aryl methyl sites for hydroxylation is 2. The standard InChI is InChI=1S/C14H16ClNO2/c1-9-5-4-6-11-10(2)12(18-14(9)11)8-16(3)13(17)7-15/h4-6H,7-8H2,1-3H3. The third-order valence-corrected chi connectivity index (χ3v) is 3.41. The molecular formula is C14H16ClNO2. The Bertz CT molecular complexity index is 589. The number of fused-ring (bicyclic) bond motifs is 1. The zero-order valence-electron chi connectivity index (χ0n) is 10.8. The maximum atomic E-state index is 11.5. The predicted molar refractivity (Wildman–Crippen MR) is 72.9 cm³/mol. The second kappa shape index (κ2) is 5.02. The molecule has 96 valence electrons. The fraction of sp³-hybridized carbons (Fsp3) is 0.357. The molecule has 0 saturated carbocycles. The normalized spacial score (nSPS) is 10.9. The van der Waals surface area contributed by atoms with Crippen LogP contribution in [0.1, 0.15) is 16.9 Å². The summed E-state index contributed by atoms with van der Waals surface area (Å²) in [6.45, 7) is 4.48. The van der Waals surface area contributed by atoms with Gasteiger partial charge in [-0.15, -0.1) is 11.6 Å². The summed E-state index contributed by atoms with van der Waals surface area (Å²) in [5.41, 5.74) is 3.09. The van der Waals surface area contributed by atoms with Crippen molar-refractivity contribution in [2.45, 2.75) is 20.4 Å². The molecule has 0 radical (unpaired) electrons. The number of para-hydroxylation sites is 1. The SMILES string of the molecule is Cc1c(CN(C)C(=O)CCl)oc2c(C)cccc12. The predicted octanol–water partition coefficient (Wildman–Crippen LogP) is 3.25. The first kappa shape index (κ1) is 13.0. The zero-order chi connectivity index (χ0) is 13.3. The quantitative estimate of drug-likeness (QED) is 0.799. The highest BCUT2D eigenvalue weighted by Gasteiger charge is 2.15. The molecule has 1 heterocycles. The Morgan fingerprint density at radius 3 is 2.72 bits per heavy atom. The van der Waals surface area contributed by atoms with Crippen LogP contribution in [0.2, 0.25) is 0 Å². The minimum atomic E-state index is -0.103. The molecule has 0 aliphatic carbocycles. The van der Waals surface area contributed by atoms with Gasteiger partial charge in [-0.05, 0) is 19.4 Å². The summed E-state index contributed by atoms with van der Waals surface area (Å²) in [5.74, 6) is 0.711. The molecule has 4 heteroatoms. The van der Waals surface area contributed by atoms with Gasteiger partial charge in [-0.25, -0.2) is 0 Å².